The smallest absolute Gasteiger partial charge is 0.226 e. The molecule has 1 aromatic carbocycles. The maximum Gasteiger partial charge on any atom is 0.226 e. The van der Waals surface area contributed by atoms with Crippen LogP contribution in [0.5, 0.6) is 0 Å². The van der Waals surface area contributed by atoms with Gasteiger partial charge in [0.15, 0.2) is 5.82 Å². The number of hydrogen-bond donors (Lipinski definition) is 1. The van der Waals surface area contributed by atoms with Crippen LogP contribution in [-0.2, 0) is 11.2 Å². The number of amides is 1. The molecule has 0 radical (unpaired) electrons. The molecule has 31 heavy (non-hydrogen) atoms. The molecule has 0 unspecified atom stereocenters. The second-order valence-electron chi connectivity index (χ2n) is 7.23. The minimum Gasteiger partial charge on any atom is -0.355 e. The molecule has 156 valence electrons. The molecule has 4 heterocycles. The lowest BCUT2D eigenvalue weighted by Crippen LogP contribution is -2.54. The fourth-order valence-electron chi connectivity index (χ4n) is 3.39. The number of aromatic nitrogens is 6. The predicted octanol–water partition coefficient (Wildman–Crippen LogP) is 1.98. The first-order valence-electron chi connectivity index (χ1n) is 9.96. The molecule has 10 heteroatoms. The van der Waals surface area contributed by atoms with Crippen molar-refractivity contribution in [1.29, 1.82) is 0 Å². The summed E-state index contributed by atoms with van der Waals surface area (Å²) in [5.74, 6) is 1.45. The molecule has 5 rings (SSSR count). The van der Waals surface area contributed by atoms with Crippen molar-refractivity contribution in [2.75, 3.05) is 24.5 Å². The Bertz CT molecular complexity index is 1160. The molecule has 1 N–H and O–H groups in total. The highest BCUT2D eigenvalue weighted by Gasteiger charge is 2.33. The van der Waals surface area contributed by atoms with E-state index in [0.29, 0.717) is 25.5 Å². The summed E-state index contributed by atoms with van der Waals surface area (Å²) >= 11 is 1.63. The summed E-state index contributed by atoms with van der Waals surface area (Å²) in [6.45, 7) is 1.85. The fraction of sp³-hybridized carbons (Fsp3) is 0.238. The second kappa shape index (κ2) is 8.60. The maximum atomic E-state index is 12.5. The van der Waals surface area contributed by atoms with Crippen LogP contribution in [0.25, 0.3) is 16.4 Å². The Labute approximate surface area is 182 Å². The van der Waals surface area contributed by atoms with Gasteiger partial charge in [-0.15, -0.1) is 11.3 Å². The molecule has 0 saturated carbocycles. The summed E-state index contributed by atoms with van der Waals surface area (Å²) in [7, 11) is 0. The van der Waals surface area contributed by atoms with Crippen molar-refractivity contribution >= 4 is 23.1 Å². The number of rotatable bonds is 7. The van der Waals surface area contributed by atoms with Crippen LogP contribution in [-0.4, -0.2) is 55.3 Å². The SMILES string of the molecule is O=C(NCCc1csc(-c2ccccc2)n1)C1CN(c2cc(-n3cncn3)ncn2)C1. The van der Waals surface area contributed by atoms with Crippen LogP contribution in [0.3, 0.4) is 0 Å². The van der Waals surface area contributed by atoms with Crippen molar-refractivity contribution in [3.63, 3.8) is 0 Å². The van der Waals surface area contributed by atoms with Gasteiger partial charge in [0.25, 0.3) is 0 Å². The highest BCUT2D eigenvalue weighted by molar-refractivity contribution is 7.13. The van der Waals surface area contributed by atoms with E-state index in [1.54, 1.807) is 22.3 Å². The van der Waals surface area contributed by atoms with E-state index in [-0.39, 0.29) is 11.8 Å². The second-order valence-corrected chi connectivity index (χ2v) is 8.09. The molecule has 4 aromatic rings. The quantitative estimate of drug-likeness (QED) is 0.476. The molecule has 1 fully saturated rings. The molecule has 0 aliphatic carbocycles. The summed E-state index contributed by atoms with van der Waals surface area (Å²) < 4.78 is 1.58. The third-order valence-electron chi connectivity index (χ3n) is 5.12. The van der Waals surface area contributed by atoms with Crippen molar-refractivity contribution in [1.82, 2.24) is 35.0 Å². The van der Waals surface area contributed by atoms with Crippen molar-refractivity contribution in [3.8, 4) is 16.4 Å². The first-order valence-corrected chi connectivity index (χ1v) is 10.8. The van der Waals surface area contributed by atoms with E-state index in [1.807, 2.05) is 24.3 Å². The van der Waals surface area contributed by atoms with Crippen LogP contribution >= 0.6 is 11.3 Å². The van der Waals surface area contributed by atoms with Gasteiger partial charge in [0.05, 0.1) is 11.6 Å². The molecule has 0 atom stereocenters. The van der Waals surface area contributed by atoms with E-state index in [9.17, 15) is 4.79 Å². The van der Waals surface area contributed by atoms with Crippen molar-refractivity contribution in [3.05, 3.63) is 66.5 Å². The van der Waals surface area contributed by atoms with Crippen molar-refractivity contribution in [2.45, 2.75) is 6.42 Å². The summed E-state index contributed by atoms with van der Waals surface area (Å²) in [6.07, 6.45) is 5.26. The summed E-state index contributed by atoms with van der Waals surface area (Å²) in [5, 5.41) is 10.2. The van der Waals surface area contributed by atoms with Gasteiger partial charge in [-0.05, 0) is 0 Å². The van der Waals surface area contributed by atoms with E-state index in [0.717, 1.165) is 28.5 Å². The molecule has 1 aliphatic rings. The Morgan fingerprint density at radius 3 is 2.77 bits per heavy atom. The lowest BCUT2D eigenvalue weighted by Gasteiger charge is -2.39. The van der Waals surface area contributed by atoms with Crippen LogP contribution < -0.4 is 10.2 Å². The average molecular weight is 433 g/mol. The zero-order chi connectivity index (χ0) is 21.0. The number of hydrogen-bond acceptors (Lipinski definition) is 8. The van der Waals surface area contributed by atoms with Crippen LogP contribution in [0.15, 0.2) is 60.8 Å². The fourth-order valence-corrected chi connectivity index (χ4v) is 4.25. The van der Waals surface area contributed by atoms with Gasteiger partial charge in [-0.3, -0.25) is 4.79 Å². The normalized spacial score (nSPS) is 13.7. The topological polar surface area (TPSA) is 102 Å². The third-order valence-corrected chi connectivity index (χ3v) is 6.06. The Morgan fingerprint density at radius 1 is 1.13 bits per heavy atom. The van der Waals surface area contributed by atoms with E-state index in [1.165, 1.54) is 12.7 Å². The molecule has 0 bridgehead atoms. The zero-order valence-corrected chi connectivity index (χ0v) is 17.4. The molecular weight excluding hydrogens is 412 g/mol. The maximum absolute atomic E-state index is 12.5. The standard InChI is InChI=1S/C21H20N8OS/c30-20(23-7-6-17-11-31-21(27-17)15-4-2-1-3-5-15)16-9-28(10-16)18-8-19(25-13-24-18)29-14-22-12-26-29/h1-5,8,11-14,16H,6-7,9-10H2,(H,23,30). The van der Waals surface area contributed by atoms with Gasteiger partial charge >= 0.3 is 0 Å². The molecule has 1 aliphatic heterocycles. The van der Waals surface area contributed by atoms with Gasteiger partial charge in [-0.25, -0.2) is 24.6 Å². The molecule has 1 amide bonds. The van der Waals surface area contributed by atoms with Crippen molar-refractivity contribution in [2.24, 2.45) is 5.92 Å². The number of thiazole rings is 1. The van der Waals surface area contributed by atoms with E-state index in [4.69, 9.17) is 0 Å². The van der Waals surface area contributed by atoms with Gasteiger partial charge in [0.2, 0.25) is 5.91 Å². The van der Waals surface area contributed by atoms with E-state index < -0.39 is 0 Å². The first-order chi connectivity index (χ1) is 15.3. The van der Waals surface area contributed by atoms with E-state index >= 15 is 0 Å². The number of anilines is 1. The van der Waals surface area contributed by atoms with Gasteiger partial charge in [-0.1, -0.05) is 30.3 Å². The number of carbonyl (C=O) groups is 1. The molecule has 0 spiro atoms. The number of benzene rings is 1. The monoisotopic (exact) mass is 432 g/mol. The highest BCUT2D eigenvalue weighted by Crippen LogP contribution is 2.24. The molecule has 1 saturated heterocycles. The highest BCUT2D eigenvalue weighted by atomic mass is 32.1. The van der Waals surface area contributed by atoms with Crippen LogP contribution in [0, 0.1) is 5.92 Å². The number of carbonyl (C=O) groups excluding carboxylic acids is 1. The number of nitrogens with zero attached hydrogens (tertiary/aromatic N) is 7. The number of nitrogens with one attached hydrogen (secondary N) is 1. The lowest BCUT2D eigenvalue weighted by atomic mass is 9.99. The Balaban J connectivity index is 1.09. The van der Waals surface area contributed by atoms with Crippen LogP contribution in [0.2, 0.25) is 0 Å². The van der Waals surface area contributed by atoms with Gasteiger partial charge in [-0.2, -0.15) is 5.10 Å². The Hall–Kier alpha value is -3.66. The molecule has 9 nitrogen and oxygen atoms in total. The van der Waals surface area contributed by atoms with Crippen molar-refractivity contribution < 1.29 is 4.79 Å². The zero-order valence-electron chi connectivity index (χ0n) is 16.6. The summed E-state index contributed by atoms with van der Waals surface area (Å²) in [6, 6.07) is 12.0. The van der Waals surface area contributed by atoms with Crippen LogP contribution in [0.1, 0.15) is 5.69 Å². The largest absolute Gasteiger partial charge is 0.355 e. The average Bonchev–Trinajstić information content (AvgIpc) is 3.46. The summed E-state index contributed by atoms with van der Waals surface area (Å²) in [4.78, 5) is 31.6. The first kappa shape index (κ1) is 19.3. The minimum atomic E-state index is -0.0416. The lowest BCUT2D eigenvalue weighted by molar-refractivity contribution is -0.125. The van der Waals surface area contributed by atoms with Gasteiger partial charge in [0, 0.05) is 43.1 Å². The molecule has 3 aromatic heterocycles. The van der Waals surface area contributed by atoms with Gasteiger partial charge < -0.3 is 10.2 Å². The van der Waals surface area contributed by atoms with Gasteiger partial charge in [0.1, 0.15) is 29.8 Å². The Morgan fingerprint density at radius 2 is 1.97 bits per heavy atom. The van der Waals surface area contributed by atoms with E-state index in [2.05, 4.69) is 52.8 Å². The minimum absolute atomic E-state index is 0.0416. The molecular formula is C21H20N8OS. The summed E-state index contributed by atoms with van der Waals surface area (Å²) in [5.41, 5.74) is 2.12. The predicted molar refractivity (Wildman–Crippen MR) is 117 cm³/mol. The third kappa shape index (κ3) is 4.29. The van der Waals surface area contributed by atoms with Crippen LogP contribution in [0.4, 0.5) is 5.82 Å². The Kier molecular flexibility index (Phi) is 5.36.